The largest absolute Gasteiger partial charge is 0.479 e. The smallest absolute Gasteiger partial charge is 0.344 e. The average Bonchev–Trinajstić information content (AvgIpc) is 2.90. The summed E-state index contributed by atoms with van der Waals surface area (Å²) in [4.78, 5) is 16.5. The van der Waals surface area contributed by atoms with Gasteiger partial charge in [-0.2, -0.15) is 0 Å². The molecule has 0 bridgehead atoms. The number of unbranched alkanes of at least 4 members (excludes halogenated alkanes) is 1. The van der Waals surface area contributed by atoms with E-state index in [0.717, 1.165) is 17.3 Å². The second-order valence-corrected chi connectivity index (χ2v) is 6.59. The molecular formula is C17H22BrNO5. The number of carboxylic acids is 1. The Morgan fingerprint density at radius 1 is 1.50 bits per heavy atom. The van der Waals surface area contributed by atoms with E-state index in [0.29, 0.717) is 23.6 Å². The first-order valence-electron chi connectivity index (χ1n) is 7.98. The third-order valence-corrected chi connectivity index (χ3v) is 4.17. The maximum atomic E-state index is 11.1. The SMILES string of the molecule is CCCCOC1C(c2cc(Br)ccc2OC(C)C(=O)O)=NOC1C. The first kappa shape index (κ1) is 18.7. The number of halogens is 1. The van der Waals surface area contributed by atoms with Gasteiger partial charge in [0, 0.05) is 16.6 Å². The van der Waals surface area contributed by atoms with Crippen LogP contribution in [-0.4, -0.2) is 41.7 Å². The van der Waals surface area contributed by atoms with Crippen molar-refractivity contribution < 1.29 is 24.2 Å². The van der Waals surface area contributed by atoms with Crippen molar-refractivity contribution in [3.63, 3.8) is 0 Å². The summed E-state index contributed by atoms with van der Waals surface area (Å²) in [7, 11) is 0. The standard InChI is InChI=1S/C17H22BrNO5/c1-4-5-8-22-16-10(2)24-19-15(16)13-9-12(18)6-7-14(13)23-11(3)17(20)21/h6-7,9-11,16H,4-5,8H2,1-3H3,(H,20,21). The van der Waals surface area contributed by atoms with Gasteiger partial charge in [-0.3, -0.25) is 0 Å². The molecule has 0 saturated heterocycles. The van der Waals surface area contributed by atoms with Crippen LogP contribution in [0.3, 0.4) is 0 Å². The van der Waals surface area contributed by atoms with E-state index in [-0.39, 0.29) is 12.2 Å². The van der Waals surface area contributed by atoms with Crippen molar-refractivity contribution in [3.05, 3.63) is 28.2 Å². The van der Waals surface area contributed by atoms with Crippen LogP contribution < -0.4 is 4.74 Å². The van der Waals surface area contributed by atoms with Gasteiger partial charge in [0.25, 0.3) is 0 Å². The van der Waals surface area contributed by atoms with Crippen molar-refractivity contribution in [1.29, 1.82) is 0 Å². The van der Waals surface area contributed by atoms with E-state index in [1.54, 1.807) is 12.1 Å². The van der Waals surface area contributed by atoms with Gasteiger partial charge in [0.2, 0.25) is 0 Å². The molecule has 0 aliphatic carbocycles. The molecule has 7 heteroatoms. The molecular weight excluding hydrogens is 378 g/mol. The van der Waals surface area contributed by atoms with Gasteiger partial charge in [-0.1, -0.05) is 34.4 Å². The zero-order valence-corrected chi connectivity index (χ0v) is 15.6. The number of aliphatic carboxylic acids is 1. The van der Waals surface area contributed by atoms with E-state index in [1.807, 2.05) is 13.0 Å². The summed E-state index contributed by atoms with van der Waals surface area (Å²) in [6.07, 6.45) is 0.503. The van der Waals surface area contributed by atoms with Crippen molar-refractivity contribution in [2.75, 3.05) is 6.61 Å². The minimum Gasteiger partial charge on any atom is -0.479 e. The third-order valence-electron chi connectivity index (χ3n) is 3.68. The minimum absolute atomic E-state index is 0.208. The number of hydrogen-bond donors (Lipinski definition) is 1. The van der Waals surface area contributed by atoms with E-state index >= 15 is 0 Å². The van der Waals surface area contributed by atoms with Gasteiger partial charge >= 0.3 is 5.97 Å². The molecule has 0 radical (unpaired) electrons. The monoisotopic (exact) mass is 399 g/mol. The van der Waals surface area contributed by atoms with E-state index in [1.165, 1.54) is 6.92 Å². The first-order chi connectivity index (χ1) is 11.4. The number of carbonyl (C=O) groups is 1. The lowest BCUT2D eigenvalue weighted by Gasteiger charge is -2.19. The van der Waals surface area contributed by atoms with E-state index in [9.17, 15) is 4.79 Å². The van der Waals surface area contributed by atoms with Crippen molar-refractivity contribution in [2.45, 2.75) is 51.9 Å². The molecule has 0 saturated carbocycles. The Balaban J connectivity index is 2.28. The van der Waals surface area contributed by atoms with Gasteiger partial charge in [0.05, 0.1) is 0 Å². The number of carboxylic acid groups (broad SMARTS) is 1. The molecule has 0 spiro atoms. The molecule has 2 rings (SSSR count). The maximum Gasteiger partial charge on any atom is 0.344 e. The van der Waals surface area contributed by atoms with Crippen LogP contribution in [-0.2, 0) is 14.4 Å². The Labute approximate surface area is 149 Å². The molecule has 1 aromatic carbocycles. The summed E-state index contributed by atoms with van der Waals surface area (Å²) in [5.74, 6) is -0.591. The molecule has 0 aromatic heterocycles. The molecule has 1 aliphatic rings. The van der Waals surface area contributed by atoms with Crippen molar-refractivity contribution in [2.24, 2.45) is 5.16 Å². The van der Waals surface area contributed by atoms with Crippen LogP contribution in [0.25, 0.3) is 0 Å². The molecule has 1 aliphatic heterocycles. The van der Waals surface area contributed by atoms with Crippen LogP contribution in [0.4, 0.5) is 0 Å². The van der Waals surface area contributed by atoms with Gasteiger partial charge in [0.1, 0.15) is 17.6 Å². The fraction of sp³-hybridized carbons (Fsp3) is 0.529. The molecule has 0 amide bonds. The molecule has 1 heterocycles. The number of ether oxygens (including phenoxy) is 2. The average molecular weight is 400 g/mol. The molecule has 6 nitrogen and oxygen atoms in total. The second kappa shape index (κ2) is 8.48. The van der Waals surface area contributed by atoms with Gasteiger partial charge < -0.3 is 19.4 Å². The lowest BCUT2D eigenvalue weighted by molar-refractivity contribution is -0.144. The van der Waals surface area contributed by atoms with Gasteiger partial charge in [0.15, 0.2) is 12.2 Å². The Morgan fingerprint density at radius 3 is 2.92 bits per heavy atom. The highest BCUT2D eigenvalue weighted by atomic mass is 79.9. The lowest BCUT2D eigenvalue weighted by atomic mass is 10.0. The second-order valence-electron chi connectivity index (χ2n) is 5.67. The zero-order chi connectivity index (χ0) is 17.7. The van der Waals surface area contributed by atoms with Crippen LogP contribution in [0.1, 0.15) is 39.2 Å². The maximum absolute atomic E-state index is 11.1. The predicted molar refractivity (Wildman–Crippen MR) is 93.6 cm³/mol. The molecule has 24 heavy (non-hydrogen) atoms. The van der Waals surface area contributed by atoms with Gasteiger partial charge in [-0.15, -0.1) is 0 Å². The predicted octanol–water partition coefficient (Wildman–Crippen LogP) is 3.61. The van der Waals surface area contributed by atoms with Crippen LogP contribution in [0, 0.1) is 0 Å². The summed E-state index contributed by atoms with van der Waals surface area (Å²) >= 11 is 3.43. The Morgan fingerprint density at radius 2 is 2.25 bits per heavy atom. The minimum atomic E-state index is -1.03. The van der Waals surface area contributed by atoms with Crippen LogP contribution in [0.2, 0.25) is 0 Å². The number of rotatable bonds is 8. The normalized spacial score (nSPS) is 21.1. The number of oxime groups is 1. The highest BCUT2D eigenvalue weighted by molar-refractivity contribution is 9.10. The van der Waals surface area contributed by atoms with E-state index < -0.39 is 12.1 Å². The van der Waals surface area contributed by atoms with E-state index in [4.69, 9.17) is 19.4 Å². The summed E-state index contributed by atoms with van der Waals surface area (Å²) in [6, 6.07) is 5.34. The van der Waals surface area contributed by atoms with Gasteiger partial charge in [-0.05, 0) is 38.5 Å². The van der Waals surface area contributed by atoms with Crippen LogP contribution in [0.15, 0.2) is 27.8 Å². The summed E-state index contributed by atoms with van der Waals surface area (Å²) in [5.41, 5.74) is 1.29. The summed E-state index contributed by atoms with van der Waals surface area (Å²) in [6.45, 7) is 6.09. The fourth-order valence-corrected chi connectivity index (χ4v) is 2.65. The quantitative estimate of drug-likeness (QED) is 0.675. The van der Waals surface area contributed by atoms with Crippen molar-refractivity contribution in [1.82, 2.24) is 0 Å². The van der Waals surface area contributed by atoms with Crippen molar-refractivity contribution in [3.8, 4) is 5.75 Å². The third kappa shape index (κ3) is 4.48. The molecule has 3 unspecified atom stereocenters. The number of hydrogen-bond acceptors (Lipinski definition) is 5. The summed E-state index contributed by atoms with van der Waals surface area (Å²) in [5, 5.41) is 13.2. The van der Waals surface area contributed by atoms with Crippen LogP contribution >= 0.6 is 15.9 Å². The topological polar surface area (TPSA) is 77.4 Å². The van der Waals surface area contributed by atoms with E-state index in [2.05, 4.69) is 28.0 Å². The van der Waals surface area contributed by atoms with Crippen molar-refractivity contribution >= 4 is 27.6 Å². The lowest BCUT2D eigenvalue weighted by Crippen LogP contribution is -2.32. The number of nitrogens with zero attached hydrogens (tertiary/aromatic N) is 1. The highest BCUT2D eigenvalue weighted by Crippen LogP contribution is 2.30. The van der Waals surface area contributed by atoms with Gasteiger partial charge in [-0.25, -0.2) is 4.79 Å². The molecule has 0 fully saturated rings. The number of benzene rings is 1. The highest BCUT2D eigenvalue weighted by Gasteiger charge is 2.34. The molecule has 1 aromatic rings. The fourth-order valence-electron chi connectivity index (χ4n) is 2.29. The molecule has 3 atom stereocenters. The van der Waals surface area contributed by atoms with Crippen LogP contribution in [0.5, 0.6) is 5.75 Å². The Bertz CT molecular complexity index is 619. The summed E-state index contributed by atoms with van der Waals surface area (Å²) < 4.78 is 12.3. The Hall–Kier alpha value is -1.60. The molecule has 1 N–H and O–H groups in total. The first-order valence-corrected chi connectivity index (χ1v) is 8.78. The molecule has 132 valence electrons. The Kier molecular flexibility index (Phi) is 6.62. The zero-order valence-electron chi connectivity index (χ0n) is 14.0.